The fourth-order valence-electron chi connectivity index (χ4n) is 3.17. The summed E-state index contributed by atoms with van der Waals surface area (Å²) in [7, 11) is 0. The zero-order valence-corrected chi connectivity index (χ0v) is 10.6. The van der Waals surface area contributed by atoms with Crippen LogP contribution in [0, 0.1) is 0 Å². The predicted molar refractivity (Wildman–Crippen MR) is 72.8 cm³/mol. The monoisotopic (exact) mass is 241 g/mol. The van der Waals surface area contributed by atoms with Crippen LogP contribution in [0.15, 0.2) is 24.3 Å². The molecule has 3 nitrogen and oxygen atoms in total. The van der Waals surface area contributed by atoms with Gasteiger partial charge in [-0.15, -0.1) is 0 Å². The lowest BCUT2D eigenvalue weighted by atomic mass is 9.92. The number of aromatic nitrogens is 2. The van der Waals surface area contributed by atoms with Gasteiger partial charge in [-0.3, -0.25) is 4.68 Å². The number of piperidine rings is 1. The Bertz CT molecular complexity index is 562. The zero-order valence-electron chi connectivity index (χ0n) is 10.6. The SMILES string of the molecule is c1ccc2c(C3CCNCC3)n(C3CC3)nc2c1. The standard InChI is InChI=1S/C15H19N3/c1-2-4-14-13(3-1)15(11-7-9-16-10-8-11)18(17-14)12-5-6-12/h1-4,11-12,16H,5-10H2. The molecular formula is C15H19N3. The summed E-state index contributed by atoms with van der Waals surface area (Å²) in [5.41, 5.74) is 2.69. The van der Waals surface area contributed by atoms with Gasteiger partial charge in [0.1, 0.15) is 0 Å². The molecule has 1 aliphatic heterocycles. The van der Waals surface area contributed by atoms with Gasteiger partial charge in [0.15, 0.2) is 0 Å². The van der Waals surface area contributed by atoms with Gasteiger partial charge >= 0.3 is 0 Å². The smallest absolute Gasteiger partial charge is 0.0926 e. The van der Waals surface area contributed by atoms with Crippen LogP contribution in [0.1, 0.15) is 43.3 Å². The second-order valence-corrected chi connectivity index (χ2v) is 5.60. The number of nitrogens with zero attached hydrogens (tertiary/aromatic N) is 2. The van der Waals surface area contributed by atoms with Gasteiger partial charge in [0.25, 0.3) is 0 Å². The van der Waals surface area contributed by atoms with Crippen LogP contribution in [0.25, 0.3) is 10.9 Å². The molecule has 2 heterocycles. The van der Waals surface area contributed by atoms with Crippen molar-refractivity contribution in [3.05, 3.63) is 30.0 Å². The molecule has 0 spiro atoms. The molecule has 2 aliphatic rings. The van der Waals surface area contributed by atoms with E-state index in [2.05, 4.69) is 34.3 Å². The largest absolute Gasteiger partial charge is 0.317 e. The molecule has 0 radical (unpaired) electrons. The van der Waals surface area contributed by atoms with Crippen molar-refractivity contribution in [2.24, 2.45) is 0 Å². The quantitative estimate of drug-likeness (QED) is 0.876. The average molecular weight is 241 g/mol. The number of hydrogen-bond donors (Lipinski definition) is 1. The second-order valence-electron chi connectivity index (χ2n) is 5.60. The highest BCUT2D eigenvalue weighted by atomic mass is 15.3. The van der Waals surface area contributed by atoms with E-state index < -0.39 is 0 Å². The van der Waals surface area contributed by atoms with E-state index >= 15 is 0 Å². The van der Waals surface area contributed by atoms with Crippen LogP contribution in [-0.2, 0) is 0 Å². The third-order valence-corrected chi connectivity index (χ3v) is 4.26. The molecule has 2 fully saturated rings. The van der Waals surface area contributed by atoms with Crippen molar-refractivity contribution in [3.63, 3.8) is 0 Å². The normalized spacial score (nSPS) is 21.6. The highest BCUT2D eigenvalue weighted by molar-refractivity contribution is 5.82. The molecule has 1 N–H and O–H groups in total. The molecule has 1 aromatic heterocycles. The first-order chi connectivity index (χ1) is 8.93. The van der Waals surface area contributed by atoms with E-state index in [1.165, 1.54) is 42.3 Å². The van der Waals surface area contributed by atoms with Crippen LogP contribution in [0.4, 0.5) is 0 Å². The van der Waals surface area contributed by atoms with Crippen molar-refractivity contribution >= 4 is 10.9 Å². The van der Waals surface area contributed by atoms with E-state index in [0.29, 0.717) is 12.0 Å². The molecule has 94 valence electrons. The van der Waals surface area contributed by atoms with E-state index in [9.17, 15) is 0 Å². The minimum Gasteiger partial charge on any atom is -0.317 e. The van der Waals surface area contributed by atoms with Gasteiger partial charge in [-0.2, -0.15) is 5.10 Å². The number of nitrogens with one attached hydrogen (secondary N) is 1. The van der Waals surface area contributed by atoms with Crippen molar-refractivity contribution < 1.29 is 0 Å². The summed E-state index contributed by atoms with van der Waals surface area (Å²) in [5.74, 6) is 0.694. The van der Waals surface area contributed by atoms with Crippen LogP contribution in [-0.4, -0.2) is 22.9 Å². The number of hydrogen-bond acceptors (Lipinski definition) is 2. The molecule has 1 aromatic carbocycles. The first-order valence-corrected chi connectivity index (χ1v) is 7.11. The van der Waals surface area contributed by atoms with E-state index in [0.717, 1.165) is 13.1 Å². The molecule has 0 bridgehead atoms. The Labute approximate surface area is 107 Å². The zero-order chi connectivity index (χ0) is 11.9. The molecule has 1 saturated carbocycles. The Morgan fingerprint density at radius 1 is 1.06 bits per heavy atom. The second kappa shape index (κ2) is 4.09. The van der Waals surface area contributed by atoms with Crippen LogP contribution < -0.4 is 5.32 Å². The fraction of sp³-hybridized carbons (Fsp3) is 0.533. The molecule has 0 unspecified atom stereocenters. The number of fused-ring (bicyclic) bond motifs is 1. The fourth-order valence-corrected chi connectivity index (χ4v) is 3.17. The predicted octanol–water partition coefficient (Wildman–Crippen LogP) is 2.84. The summed E-state index contributed by atoms with van der Waals surface area (Å²) >= 11 is 0. The molecular weight excluding hydrogens is 222 g/mol. The Morgan fingerprint density at radius 2 is 1.83 bits per heavy atom. The molecule has 3 heteroatoms. The third kappa shape index (κ3) is 1.65. The Hall–Kier alpha value is -1.35. The summed E-state index contributed by atoms with van der Waals surface area (Å²) in [6, 6.07) is 9.32. The maximum atomic E-state index is 4.85. The van der Waals surface area contributed by atoms with Gasteiger partial charge < -0.3 is 5.32 Å². The lowest BCUT2D eigenvalue weighted by Gasteiger charge is -2.24. The van der Waals surface area contributed by atoms with E-state index in [1.807, 2.05) is 0 Å². The van der Waals surface area contributed by atoms with Gasteiger partial charge in [-0.1, -0.05) is 18.2 Å². The van der Waals surface area contributed by atoms with Crippen LogP contribution in [0.3, 0.4) is 0 Å². The lowest BCUT2D eigenvalue weighted by molar-refractivity contribution is 0.433. The Kier molecular flexibility index (Phi) is 2.40. The first-order valence-electron chi connectivity index (χ1n) is 7.11. The summed E-state index contributed by atoms with van der Waals surface area (Å²) < 4.78 is 2.35. The molecule has 2 aromatic rings. The lowest BCUT2D eigenvalue weighted by Crippen LogP contribution is -2.27. The molecule has 0 amide bonds. The first kappa shape index (κ1) is 10.6. The van der Waals surface area contributed by atoms with E-state index in [-0.39, 0.29) is 0 Å². The third-order valence-electron chi connectivity index (χ3n) is 4.26. The molecule has 4 rings (SSSR count). The summed E-state index contributed by atoms with van der Waals surface area (Å²) in [5, 5.41) is 9.69. The van der Waals surface area contributed by atoms with Crippen molar-refractivity contribution in [1.29, 1.82) is 0 Å². The molecule has 0 atom stereocenters. The van der Waals surface area contributed by atoms with Gasteiger partial charge in [-0.25, -0.2) is 0 Å². The minimum atomic E-state index is 0.683. The Balaban J connectivity index is 1.86. The summed E-state index contributed by atoms with van der Waals surface area (Å²) in [4.78, 5) is 0. The van der Waals surface area contributed by atoms with Crippen molar-refractivity contribution in [1.82, 2.24) is 15.1 Å². The van der Waals surface area contributed by atoms with E-state index in [4.69, 9.17) is 5.10 Å². The summed E-state index contributed by atoms with van der Waals surface area (Å²) in [6.07, 6.45) is 5.13. The molecule has 1 saturated heterocycles. The average Bonchev–Trinajstić information content (AvgIpc) is 3.20. The van der Waals surface area contributed by atoms with Crippen molar-refractivity contribution in [2.75, 3.05) is 13.1 Å². The van der Waals surface area contributed by atoms with Crippen molar-refractivity contribution in [2.45, 2.75) is 37.6 Å². The Morgan fingerprint density at radius 3 is 2.61 bits per heavy atom. The van der Waals surface area contributed by atoms with Gasteiger partial charge in [0.2, 0.25) is 0 Å². The van der Waals surface area contributed by atoms with Crippen molar-refractivity contribution in [3.8, 4) is 0 Å². The van der Waals surface area contributed by atoms with Gasteiger partial charge in [0.05, 0.1) is 11.6 Å². The van der Waals surface area contributed by atoms with Crippen LogP contribution in [0.5, 0.6) is 0 Å². The minimum absolute atomic E-state index is 0.683. The van der Waals surface area contributed by atoms with Gasteiger partial charge in [-0.05, 0) is 44.8 Å². The number of rotatable bonds is 2. The topological polar surface area (TPSA) is 29.9 Å². The number of benzene rings is 1. The highest BCUT2D eigenvalue weighted by Gasteiger charge is 2.31. The maximum Gasteiger partial charge on any atom is 0.0926 e. The molecule has 18 heavy (non-hydrogen) atoms. The highest BCUT2D eigenvalue weighted by Crippen LogP contribution is 2.41. The summed E-state index contributed by atoms with van der Waals surface area (Å²) in [6.45, 7) is 2.30. The van der Waals surface area contributed by atoms with Gasteiger partial charge in [0, 0.05) is 17.0 Å². The maximum absolute atomic E-state index is 4.85. The van der Waals surface area contributed by atoms with Crippen LogP contribution >= 0.6 is 0 Å². The van der Waals surface area contributed by atoms with E-state index in [1.54, 1.807) is 0 Å². The van der Waals surface area contributed by atoms with Crippen LogP contribution in [0.2, 0.25) is 0 Å². The molecule has 1 aliphatic carbocycles.